The third-order valence-corrected chi connectivity index (χ3v) is 3.62. The van der Waals surface area contributed by atoms with Gasteiger partial charge in [-0.25, -0.2) is 4.39 Å². The van der Waals surface area contributed by atoms with Crippen LogP contribution in [0, 0.1) is 5.82 Å². The summed E-state index contributed by atoms with van der Waals surface area (Å²) >= 11 is 0. The molecule has 2 nitrogen and oxygen atoms in total. The minimum absolute atomic E-state index is 0.213. The highest BCUT2D eigenvalue weighted by molar-refractivity contribution is 6.02. The summed E-state index contributed by atoms with van der Waals surface area (Å²) in [6.07, 6.45) is 0. The number of para-hydroxylation sites is 1. The molecule has 3 heteroatoms. The molecule has 3 aromatic carbocycles. The first-order valence-corrected chi connectivity index (χ1v) is 7.33. The minimum atomic E-state index is -0.250. The van der Waals surface area contributed by atoms with Crippen molar-refractivity contribution in [2.45, 2.75) is 6.92 Å². The van der Waals surface area contributed by atoms with Crippen LogP contribution in [0.5, 0.6) is 5.75 Å². The summed E-state index contributed by atoms with van der Waals surface area (Å²) in [4.78, 5) is 4.53. The summed E-state index contributed by atoms with van der Waals surface area (Å²) in [7, 11) is 0. The lowest BCUT2D eigenvalue weighted by molar-refractivity contribution is 0.474. The monoisotopic (exact) mass is 305 g/mol. The Labute approximate surface area is 134 Å². The number of phenols is 1. The van der Waals surface area contributed by atoms with E-state index in [1.165, 1.54) is 12.1 Å². The number of hydrogen-bond acceptors (Lipinski definition) is 2. The first-order valence-electron chi connectivity index (χ1n) is 7.33. The molecule has 0 aliphatic heterocycles. The lowest BCUT2D eigenvalue weighted by atomic mass is 10.1. The molecule has 0 atom stereocenters. The standard InChI is InChI=1S/C20H16FNO/c1-14(19-7-2-3-8-20(19)23)22-18-11-9-15(10-12-18)16-5-4-6-17(21)13-16/h2-13,23H,1H3. The molecule has 114 valence electrons. The number of hydrogen-bond donors (Lipinski definition) is 1. The number of aliphatic imine (C=N–C) groups is 1. The van der Waals surface area contributed by atoms with Crippen molar-refractivity contribution in [3.05, 3.63) is 84.2 Å². The van der Waals surface area contributed by atoms with Crippen LogP contribution in [0.2, 0.25) is 0 Å². The Morgan fingerprint density at radius 2 is 1.61 bits per heavy atom. The van der Waals surface area contributed by atoms with E-state index in [0.29, 0.717) is 5.56 Å². The molecule has 3 rings (SSSR count). The summed E-state index contributed by atoms with van der Waals surface area (Å²) < 4.78 is 13.3. The molecule has 0 aliphatic rings. The normalized spacial score (nSPS) is 11.5. The average Bonchev–Trinajstić information content (AvgIpc) is 2.56. The zero-order valence-electron chi connectivity index (χ0n) is 12.7. The number of benzene rings is 3. The Morgan fingerprint density at radius 1 is 0.870 bits per heavy atom. The Balaban J connectivity index is 1.88. The molecular formula is C20H16FNO. The molecule has 0 fully saturated rings. The van der Waals surface area contributed by atoms with Crippen molar-refractivity contribution in [1.29, 1.82) is 0 Å². The smallest absolute Gasteiger partial charge is 0.124 e. The van der Waals surface area contributed by atoms with Gasteiger partial charge in [-0.05, 0) is 54.4 Å². The molecule has 3 aromatic rings. The number of rotatable bonds is 3. The molecule has 0 bridgehead atoms. The van der Waals surface area contributed by atoms with Crippen molar-refractivity contribution in [2.24, 2.45) is 4.99 Å². The molecule has 23 heavy (non-hydrogen) atoms. The van der Waals surface area contributed by atoms with Gasteiger partial charge in [0.2, 0.25) is 0 Å². The summed E-state index contributed by atoms with van der Waals surface area (Å²) in [5, 5.41) is 9.86. The van der Waals surface area contributed by atoms with Gasteiger partial charge in [0.1, 0.15) is 11.6 Å². The van der Waals surface area contributed by atoms with Crippen LogP contribution in [0.4, 0.5) is 10.1 Å². The van der Waals surface area contributed by atoms with Crippen molar-refractivity contribution in [3.8, 4) is 16.9 Å². The molecule has 0 heterocycles. The predicted octanol–water partition coefficient (Wildman–Crippen LogP) is 5.34. The molecule has 0 aromatic heterocycles. The summed E-state index contributed by atoms with van der Waals surface area (Å²) in [6, 6.07) is 21.2. The minimum Gasteiger partial charge on any atom is -0.507 e. The zero-order chi connectivity index (χ0) is 16.2. The van der Waals surface area contributed by atoms with E-state index >= 15 is 0 Å². The molecule has 0 amide bonds. The van der Waals surface area contributed by atoms with E-state index in [9.17, 15) is 9.50 Å². The SMILES string of the molecule is CC(=Nc1ccc(-c2cccc(F)c2)cc1)c1ccccc1O. The van der Waals surface area contributed by atoms with E-state index in [1.807, 2.05) is 49.4 Å². The van der Waals surface area contributed by atoms with Crippen molar-refractivity contribution in [1.82, 2.24) is 0 Å². The first-order chi connectivity index (χ1) is 11.1. The topological polar surface area (TPSA) is 32.6 Å². The predicted molar refractivity (Wildman–Crippen MR) is 91.8 cm³/mol. The van der Waals surface area contributed by atoms with Gasteiger partial charge in [-0.3, -0.25) is 4.99 Å². The second kappa shape index (κ2) is 6.44. The third-order valence-electron chi connectivity index (χ3n) is 3.62. The quantitative estimate of drug-likeness (QED) is 0.651. The Hall–Kier alpha value is -2.94. The van der Waals surface area contributed by atoms with Crippen molar-refractivity contribution < 1.29 is 9.50 Å². The highest BCUT2D eigenvalue weighted by Crippen LogP contribution is 2.24. The summed E-state index contributed by atoms with van der Waals surface area (Å²) in [5.41, 5.74) is 4.00. The summed E-state index contributed by atoms with van der Waals surface area (Å²) in [5.74, 6) is -0.0369. The maximum atomic E-state index is 13.3. The fourth-order valence-electron chi connectivity index (χ4n) is 2.43. The molecular weight excluding hydrogens is 289 g/mol. The Bertz CT molecular complexity index is 854. The number of nitrogens with zero attached hydrogens (tertiary/aromatic N) is 1. The second-order valence-corrected chi connectivity index (χ2v) is 5.27. The first kappa shape index (κ1) is 15.0. The van der Waals surface area contributed by atoms with E-state index in [-0.39, 0.29) is 11.6 Å². The van der Waals surface area contributed by atoms with Crippen molar-refractivity contribution >= 4 is 11.4 Å². The second-order valence-electron chi connectivity index (χ2n) is 5.27. The Kier molecular flexibility index (Phi) is 4.20. The van der Waals surface area contributed by atoms with Crippen LogP contribution < -0.4 is 0 Å². The fourth-order valence-corrected chi connectivity index (χ4v) is 2.43. The van der Waals surface area contributed by atoms with Crippen LogP contribution in [0.1, 0.15) is 12.5 Å². The van der Waals surface area contributed by atoms with E-state index in [2.05, 4.69) is 4.99 Å². The average molecular weight is 305 g/mol. The number of phenolic OH excluding ortho intramolecular Hbond substituents is 1. The van der Waals surface area contributed by atoms with Gasteiger partial charge in [0.25, 0.3) is 0 Å². The van der Waals surface area contributed by atoms with Crippen LogP contribution in [0.3, 0.4) is 0 Å². The highest BCUT2D eigenvalue weighted by Gasteiger charge is 2.04. The fraction of sp³-hybridized carbons (Fsp3) is 0.0500. The third kappa shape index (κ3) is 3.46. The maximum absolute atomic E-state index is 13.3. The van der Waals surface area contributed by atoms with Crippen LogP contribution >= 0.6 is 0 Å². The van der Waals surface area contributed by atoms with Crippen LogP contribution in [-0.4, -0.2) is 10.8 Å². The van der Waals surface area contributed by atoms with Gasteiger partial charge in [-0.1, -0.05) is 36.4 Å². The molecule has 1 N–H and O–H groups in total. The molecule has 0 radical (unpaired) electrons. The molecule has 0 spiro atoms. The Morgan fingerprint density at radius 3 is 2.30 bits per heavy atom. The highest BCUT2D eigenvalue weighted by atomic mass is 19.1. The van der Waals surface area contributed by atoms with Crippen molar-refractivity contribution in [2.75, 3.05) is 0 Å². The largest absolute Gasteiger partial charge is 0.507 e. The van der Waals surface area contributed by atoms with E-state index < -0.39 is 0 Å². The molecule has 0 aliphatic carbocycles. The van der Waals surface area contributed by atoms with Crippen LogP contribution in [0.25, 0.3) is 11.1 Å². The van der Waals surface area contributed by atoms with E-state index in [0.717, 1.165) is 22.5 Å². The van der Waals surface area contributed by atoms with Gasteiger partial charge >= 0.3 is 0 Å². The van der Waals surface area contributed by atoms with Gasteiger partial charge in [0.15, 0.2) is 0 Å². The number of aromatic hydroxyl groups is 1. The zero-order valence-corrected chi connectivity index (χ0v) is 12.7. The van der Waals surface area contributed by atoms with Gasteiger partial charge in [-0.2, -0.15) is 0 Å². The lowest BCUT2D eigenvalue weighted by Gasteiger charge is -2.05. The molecule has 0 unspecified atom stereocenters. The van der Waals surface area contributed by atoms with Gasteiger partial charge in [0.05, 0.1) is 5.69 Å². The van der Waals surface area contributed by atoms with Crippen molar-refractivity contribution in [3.63, 3.8) is 0 Å². The van der Waals surface area contributed by atoms with Gasteiger partial charge in [0, 0.05) is 11.3 Å². The van der Waals surface area contributed by atoms with Crippen LogP contribution in [-0.2, 0) is 0 Å². The molecule has 0 saturated carbocycles. The summed E-state index contributed by atoms with van der Waals surface area (Å²) in [6.45, 7) is 1.86. The molecule has 0 saturated heterocycles. The van der Waals surface area contributed by atoms with Crippen LogP contribution in [0.15, 0.2) is 77.8 Å². The van der Waals surface area contributed by atoms with Gasteiger partial charge in [-0.15, -0.1) is 0 Å². The van der Waals surface area contributed by atoms with E-state index in [1.54, 1.807) is 18.2 Å². The van der Waals surface area contributed by atoms with E-state index in [4.69, 9.17) is 0 Å². The van der Waals surface area contributed by atoms with Gasteiger partial charge < -0.3 is 5.11 Å². The number of halogens is 1. The maximum Gasteiger partial charge on any atom is 0.124 e. The lowest BCUT2D eigenvalue weighted by Crippen LogP contribution is -1.94.